The second kappa shape index (κ2) is 9.60. The highest BCUT2D eigenvalue weighted by atomic mass is 35.5. The fourth-order valence-electron chi connectivity index (χ4n) is 2.10. The van der Waals surface area contributed by atoms with Gasteiger partial charge in [-0.15, -0.1) is 0 Å². The molecule has 0 aliphatic carbocycles. The van der Waals surface area contributed by atoms with E-state index in [0.717, 1.165) is 25.9 Å². The van der Waals surface area contributed by atoms with E-state index >= 15 is 0 Å². The molecule has 0 aliphatic heterocycles. The number of aliphatic hydroxyl groups is 1. The van der Waals surface area contributed by atoms with E-state index in [1.54, 1.807) is 18.2 Å². The van der Waals surface area contributed by atoms with Crippen molar-refractivity contribution < 1.29 is 9.90 Å². The molecule has 6 heteroatoms. The van der Waals surface area contributed by atoms with E-state index in [0.29, 0.717) is 29.4 Å². The number of anilines is 2. The third-order valence-corrected chi connectivity index (χ3v) is 3.46. The fourth-order valence-corrected chi connectivity index (χ4v) is 2.22. The molecule has 0 saturated heterocycles. The Morgan fingerprint density at radius 2 is 2.14 bits per heavy atom. The fraction of sp³-hybridized carbons (Fsp3) is 0.533. The number of benzene rings is 1. The first-order chi connectivity index (χ1) is 10.1. The third-order valence-electron chi connectivity index (χ3n) is 3.11. The number of nitrogens with two attached hydrogens (primary N) is 1. The van der Waals surface area contributed by atoms with Crippen LogP contribution in [0.15, 0.2) is 18.2 Å². The Morgan fingerprint density at radius 1 is 1.38 bits per heavy atom. The van der Waals surface area contributed by atoms with Crippen molar-refractivity contribution in [3.05, 3.63) is 23.2 Å². The molecule has 1 amide bonds. The van der Waals surface area contributed by atoms with Crippen molar-refractivity contribution in [3.8, 4) is 0 Å². The number of hydrogen-bond donors (Lipinski definition) is 3. The Bertz CT molecular complexity index is 449. The lowest BCUT2D eigenvalue weighted by atomic mass is 10.2. The Hall–Kier alpha value is -1.30. The van der Waals surface area contributed by atoms with Gasteiger partial charge in [0.1, 0.15) is 0 Å². The Labute approximate surface area is 131 Å². The molecule has 0 spiro atoms. The van der Waals surface area contributed by atoms with Crippen molar-refractivity contribution in [1.82, 2.24) is 4.90 Å². The van der Waals surface area contributed by atoms with Crippen LogP contribution in [0.1, 0.15) is 26.2 Å². The second-order valence-electron chi connectivity index (χ2n) is 4.95. The van der Waals surface area contributed by atoms with Gasteiger partial charge in [-0.25, -0.2) is 0 Å². The molecule has 118 valence electrons. The van der Waals surface area contributed by atoms with Gasteiger partial charge in [-0.2, -0.15) is 0 Å². The molecule has 0 bridgehead atoms. The van der Waals surface area contributed by atoms with E-state index < -0.39 is 0 Å². The zero-order valence-corrected chi connectivity index (χ0v) is 13.2. The van der Waals surface area contributed by atoms with Gasteiger partial charge in [0.15, 0.2) is 0 Å². The van der Waals surface area contributed by atoms with Crippen LogP contribution in [0.3, 0.4) is 0 Å². The minimum Gasteiger partial charge on any atom is -0.397 e. The zero-order chi connectivity index (χ0) is 15.7. The monoisotopic (exact) mass is 313 g/mol. The molecular weight excluding hydrogens is 290 g/mol. The summed E-state index contributed by atoms with van der Waals surface area (Å²) in [6.45, 7) is 4.65. The number of rotatable bonds is 9. The number of nitrogens with one attached hydrogen (secondary N) is 1. The lowest BCUT2D eigenvalue weighted by molar-refractivity contribution is -0.116. The highest BCUT2D eigenvalue weighted by molar-refractivity contribution is 6.33. The van der Waals surface area contributed by atoms with Crippen molar-refractivity contribution in [1.29, 1.82) is 0 Å². The van der Waals surface area contributed by atoms with E-state index in [1.165, 1.54) is 0 Å². The van der Waals surface area contributed by atoms with Crippen LogP contribution < -0.4 is 11.1 Å². The number of nitrogen functional groups attached to an aromatic ring is 1. The van der Waals surface area contributed by atoms with E-state index in [2.05, 4.69) is 17.1 Å². The summed E-state index contributed by atoms with van der Waals surface area (Å²) in [6, 6.07) is 5.04. The average Bonchev–Trinajstić information content (AvgIpc) is 2.43. The van der Waals surface area contributed by atoms with E-state index in [1.807, 2.05) is 0 Å². The molecular formula is C15H24ClN3O2. The van der Waals surface area contributed by atoms with Gasteiger partial charge in [0.2, 0.25) is 5.91 Å². The van der Waals surface area contributed by atoms with E-state index in [-0.39, 0.29) is 12.5 Å². The molecule has 5 nitrogen and oxygen atoms in total. The van der Waals surface area contributed by atoms with Crippen molar-refractivity contribution in [2.24, 2.45) is 0 Å². The predicted octanol–water partition coefficient (Wildman–Crippen LogP) is 2.35. The second-order valence-corrected chi connectivity index (χ2v) is 5.36. The summed E-state index contributed by atoms with van der Waals surface area (Å²) < 4.78 is 0. The summed E-state index contributed by atoms with van der Waals surface area (Å²) in [5.74, 6) is -0.0443. The first-order valence-electron chi connectivity index (χ1n) is 7.25. The van der Waals surface area contributed by atoms with Gasteiger partial charge in [0.25, 0.3) is 0 Å². The summed E-state index contributed by atoms with van der Waals surface area (Å²) in [5, 5.41) is 12.3. The van der Waals surface area contributed by atoms with Crippen LogP contribution >= 0.6 is 11.6 Å². The van der Waals surface area contributed by atoms with Crippen molar-refractivity contribution >= 4 is 28.9 Å². The molecule has 0 fully saturated rings. The lowest BCUT2D eigenvalue weighted by Gasteiger charge is -2.20. The maximum atomic E-state index is 11.9. The maximum Gasteiger partial charge on any atom is 0.224 e. The smallest absolute Gasteiger partial charge is 0.224 e. The van der Waals surface area contributed by atoms with E-state index in [4.69, 9.17) is 22.4 Å². The SMILES string of the molecule is CCCN(CCO)CCCC(=O)Nc1ccc(Cl)c(N)c1. The normalized spacial score (nSPS) is 10.9. The summed E-state index contributed by atoms with van der Waals surface area (Å²) in [6.07, 6.45) is 2.24. The predicted molar refractivity (Wildman–Crippen MR) is 87.5 cm³/mol. The number of carbonyl (C=O) groups is 1. The van der Waals surface area contributed by atoms with Gasteiger partial charge in [0.05, 0.1) is 17.3 Å². The van der Waals surface area contributed by atoms with Crippen LogP contribution in [-0.2, 0) is 4.79 Å². The zero-order valence-electron chi connectivity index (χ0n) is 12.4. The molecule has 0 unspecified atom stereocenters. The number of aliphatic hydroxyl groups excluding tert-OH is 1. The highest BCUT2D eigenvalue weighted by Gasteiger charge is 2.07. The standard InChI is InChI=1S/C15H24ClN3O2/c1-2-7-19(9-10-20)8-3-4-15(21)18-12-5-6-13(16)14(17)11-12/h5-6,11,20H,2-4,7-10,17H2,1H3,(H,18,21). The largest absolute Gasteiger partial charge is 0.397 e. The number of carbonyl (C=O) groups excluding carboxylic acids is 1. The topological polar surface area (TPSA) is 78.6 Å². The minimum absolute atomic E-state index is 0.0443. The Balaban J connectivity index is 2.34. The maximum absolute atomic E-state index is 11.9. The lowest BCUT2D eigenvalue weighted by Crippen LogP contribution is -2.29. The molecule has 21 heavy (non-hydrogen) atoms. The summed E-state index contributed by atoms with van der Waals surface area (Å²) in [4.78, 5) is 14.0. The Kier molecular flexibility index (Phi) is 8.12. The minimum atomic E-state index is -0.0443. The van der Waals surface area contributed by atoms with Crippen molar-refractivity contribution in [2.45, 2.75) is 26.2 Å². The molecule has 0 heterocycles. The number of halogens is 1. The van der Waals surface area contributed by atoms with Gasteiger partial charge < -0.3 is 21.1 Å². The number of amides is 1. The third kappa shape index (κ3) is 6.80. The summed E-state index contributed by atoms with van der Waals surface area (Å²) in [5.41, 5.74) is 6.80. The number of hydrogen-bond acceptors (Lipinski definition) is 4. The first-order valence-corrected chi connectivity index (χ1v) is 7.62. The van der Waals surface area contributed by atoms with Crippen LogP contribution in [0.5, 0.6) is 0 Å². The molecule has 0 radical (unpaired) electrons. The van der Waals surface area contributed by atoms with Gasteiger partial charge in [-0.1, -0.05) is 18.5 Å². The molecule has 0 saturated carbocycles. The van der Waals surface area contributed by atoms with Crippen LogP contribution in [0.4, 0.5) is 11.4 Å². The van der Waals surface area contributed by atoms with Crippen molar-refractivity contribution in [3.63, 3.8) is 0 Å². The quantitative estimate of drug-likeness (QED) is 0.611. The van der Waals surface area contributed by atoms with Crippen LogP contribution in [0, 0.1) is 0 Å². The molecule has 0 atom stereocenters. The molecule has 4 N–H and O–H groups in total. The average molecular weight is 314 g/mol. The molecule has 0 aromatic heterocycles. The summed E-state index contributed by atoms with van der Waals surface area (Å²) in [7, 11) is 0. The van der Waals surface area contributed by atoms with Crippen LogP contribution in [-0.4, -0.2) is 42.2 Å². The molecule has 1 rings (SSSR count). The van der Waals surface area contributed by atoms with E-state index in [9.17, 15) is 4.79 Å². The van der Waals surface area contributed by atoms with Crippen LogP contribution in [0.25, 0.3) is 0 Å². The highest BCUT2D eigenvalue weighted by Crippen LogP contribution is 2.22. The molecule has 1 aromatic rings. The Morgan fingerprint density at radius 3 is 2.76 bits per heavy atom. The van der Waals surface area contributed by atoms with Gasteiger partial charge in [-0.05, 0) is 44.1 Å². The van der Waals surface area contributed by atoms with Crippen molar-refractivity contribution in [2.75, 3.05) is 37.3 Å². The van der Waals surface area contributed by atoms with Gasteiger partial charge >= 0.3 is 0 Å². The summed E-state index contributed by atoms with van der Waals surface area (Å²) >= 11 is 5.83. The first kappa shape index (κ1) is 17.8. The van der Waals surface area contributed by atoms with Gasteiger partial charge in [0, 0.05) is 18.7 Å². The molecule has 0 aliphatic rings. The van der Waals surface area contributed by atoms with Gasteiger partial charge in [-0.3, -0.25) is 4.79 Å². The number of nitrogens with zero attached hydrogens (tertiary/aromatic N) is 1. The van der Waals surface area contributed by atoms with Crippen LogP contribution in [0.2, 0.25) is 5.02 Å². The molecule has 1 aromatic carbocycles.